The highest BCUT2D eigenvalue weighted by molar-refractivity contribution is 5.77. The van der Waals surface area contributed by atoms with Crippen LogP contribution in [0.15, 0.2) is 0 Å². The standard InChI is InChI=1S/C15H20O11/c1-6(16)22-10-11(23-7(2)17)13(24-8(3)18)15(25-9(4)19)26-12(10)14(20)21-5/h10-13,15H,1-5H3/t10-,11+,12+,13-,15-/m1/s1. The molecule has 0 aromatic heterocycles. The molecule has 1 fully saturated rings. The number of methoxy groups -OCH3 is 1. The van der Waals surface area contributed by atoms with Crippen LogP contribution in [0.2, 0.25) is 0 Å². The molecule has 0 saturated carbocycles. The molecule has 0 spiro atoms. The molecular formula is C15H20O11. The molecule has 0 aromatic carbocycles. The molecule has 11 heteroatoms. The molecule has 0 aliphatic carbocycles. The van der Waals surface area contributed by atoms with Gasteiger partial charge < -0.3 is 28.4 Å². The lowest BCUT2D eigenvalue weighted by Crippen LogP contribution is -2.64. The molecule has 1 heterocycles. The molecule has 1 aliphatic heterocycles. The van der Waals surface area contributed by atoms with Crippen molar-refractivity contribution < 1.29 is 52.4 Å². The van der Waals surface area contributed by atoms with E-state index in [1.54, 1.807) is 0 Å². The summed E-state index contributed by atoms with van der Waals surface area (Å²) in [5.41, 5.74) is 0. The molecular weight excluding hydrogens is 356 g/mol. The summed E-state index contributed by atoms with van der Waals surface area (Å²) in [5.74, 6) is -4.25. The fourth-order valence-electron chi connectivity index (χ4n) is 2.34. The summed E-state index contributed by atoms with van der Waals surface area (Å²) in [5, 5.41) is 0. The van der Waals surface area contributed by atoms with E-state index in [2.05, 4.69) is 4.74 Å². The van der Waals surface area contributed by atoms with Crippen molar-refractivity contribution in [1.82, 2.24) is 0 Å². The maximum atomic E-state index is 12.0. The first-order valence-electron chi connectivity index (χ1n) is 7.49. The molecule has 0 bridgehead atoms. The van der Waals surface area contributed by atoms with E-state index in [9.17, 15) is 24.0 Å². The van der Waals surface area contributed by atoms with Gasteiger partial charge in [-0.2, -0.15) is 0 Å². The Balaban J connectivity index is 3.37. The van der Waals surface area contributed by atoms with Gasteiger partial charge in [-0.1, -0.05) is 0 Å². The largest absolute Gasteiger partial charge is 0.467 e. The summed E-state index contributed by atoms with van der Waals surface area (Å²) >= 11 is 0. The van der Waals surface area contributed by atoms with Gasteiger partial charge in [0.25, 0.3) is 0 Å². The van der Waals surface area contributed by atoms with Gasteiger partial charge in [-0.15, -0.1) is 0 Å². The lowest BCUT2D eigenvalue weighted by atomic mass is 9.97. The van der Waals surface area contributed by atoms with Gasteiger partial charge in [0, 0.05) is 27.7 Å². The molecule has 1 rings (SSSR count). The van der Waals surface area contributed by atoms with Crippen molar-refractivity contribution in [3.05, 3.63) is 0 Å². The molecule has 146 valence electrons. The second-order valence-electron chi connectivity index (χ2n) is 5.28. The van der Waals surface area contributed by atoms with Crippen LogP contribution in [0.3, 0.4) is 0 Å². The van der Waals surface area contributed by atoms with Gasteiger partial charge in [0.1, 0.15) is 0 Å². The number of carbonyl (C=O) groups is 5. The summed E-state index contributed by atoms with van der Waals surface area (Å²) in [4.78, 5) is 57.7. The molecule has 0 amide bonds. The van der Waals surface area contributed by atoms with Gasteiger partial charge in [-0.3, -0.25) is 19.2 Å². The van der Waals surface area contributed by atoms with Gasteiger partial charge in [0.05, 0.1) is 7.11 Å². The smallest absolute Gasteiger partial charge is 0.339 e. The van der Waals surface area contributed by atoms with Crippen LogP contribution in [-0.4, -0.2) is 67.7 Å². The predicted octanol–water partition coefficient (Wildman–Crippen LogP) is -0.757. The van der Waals surface area contributed by atoms with E-state index < -0.39 is 60.6 Å². The zero-order valence-corrected chi connectivity index (χ0v) is 14.9. The summed E-state index contributed by atoms with van der Waals surface area (Å²) in [6.45, 7) is 4.22. The predicted molar refractivity (Wildman–Crippen MR) is 79.1 cm³/mol. The zero-order chi connectivity index (χ0) is 20.0. The minimum absolute atomic E-state index is 0.814. The summed E-state index contributed by atoms with van der Waals surface area (Å²) in [7, 11) is 1.05. The monoisotopic (exact) mass is 376 g/mol. The van der Waals surface area contributed by atoms with Crippen molar-refractivity contribution >= 4 is 29.8 Å². The maximum absolute atomic E-state index is 12.0. The minimum Gasteiger partial charge on any atom is -0.467 e. The highest BCUT2D eigenvalue weighted by Gasteiger charge is 2.56. The zero-order valence-electron chi connectivity index (χ0n) is 14.9. The lowest BCUT2D eigenvalue weighted by molar-refractivity contribution is -0.294. The van der Waals surface area contributed by atoms with Crippen LogP contribution in [-0.2, 0) is 52.4 Å². The first kappa shape index (κ1) is 21.4. The molecule has 0 radical (unpaired) electrons. The van der Waals surface area contributed by atoms with Crippen LogP contribution >= 0.6 is 0 Å². The third-order valence-corrected chi connectivity index (χ3v) is 3.12. The van der Waals surface area contributed by atoms with E-state index in [0.717, 1.165) is 34.8 Å². The van der Waals surface area contributed by atoms with E-state index in [4.69, 9.17) is 23.7 Å². The first-order chi connectivity index (χ1) is 12.1. The van der Waals surface area contributed by atoms with E-state index >= 15 is 0 Å². The molecule has 0 unspecified atom stereocenters. The Morgan fingerprint density at radius 1 is 0.654 bits per heavy atom. The number of hydrogen-bond donors (Lipinski definition) is 0. The lowest BCUT2D eigenvalue weighted by Gasteiger charge is -2.42. The Morgan fingerprint density at radius 2 is 1.08 bits per heavy atom. The fraction of sp³-hybridized carbons (Fsp3) is 0.667. The average molecular weight is 376 g/mol. The number of esters is 5. The summed E-state index contributed by atoms with van der Waals surface area (Å²) in [6.07, 6.45) is -7.66. The number of ether oxygens (including phenoxy) is 6. The van der Waals surface area contributed by atoms with E-state index in [-0.39, 0.29) is 0 Å². The van der Waals surface area contributed by atoms with Crippen LogP contribution in [0.1, 0.15) is 27.7 Å². The highest BCUT2D eigenvalue weighted by Crippen LogP contribution is 2.30. The topological polar surface area (TPSA) is 141 Å². The summed E-state index contributed by atoms with van der Waals surface area (Å²) in [6, 6.07) is 0. The van der Waals surface area contributed by atoms with Crippen molar-refractivity contribution in [1.29, 1.82) is 0 Å². The van der Waals surface area contributed by atoms with Gasteiger partial charge in [-0.05, 0) is 0 Å². The van der Waals surface area contributed by atoms with Crippen molar-refractivity contribution in [2.24, 2.45) is 0 Å². The second kappa shape index (κ2) is 9.13. The van der Waals surface area contributed by atoms with Gasteiger partial charge in [-0.25, -0.2) is 4.79 Å². The highest BCUT2D eigenvalue weighted by atomic mass is 16.7. The molecule has 0 aromatic rings. The van der Waals surface area contributed by atoms with Crippen molar-refractivity contribution in [3.8, 4) is 0 Å². The Bertz CT molecular complexity index is 584. The van der Waals surface area contributed by atoms with Gasteiger partial charge >= 0.3 is 29.8 Å². The third kappa shape index (κ3) is 5.69. The van der Waals surface area contributed by atoms with Crippen LogP contribution in [0, 0.1) is 0 Å². The molecule has 1 saturated heterocycles. The normalized spacial score (nSPS) is 27.7. The van der Waals surface area contributed by atoms with Crippen LogP contribution < -0.4 is 0 Å². The van der Waals surface area contributed by atoms with Crippen molar-refractivity contribution in [2.75, 3.05) is 7.11 Å². The Kier molecular flexibility index (Phi) is 7.50. The van der Waals surface area contributed by atoms with Crippen LogP contribution in [0.5, 0.6) is 0 Å². The minimum atomic E-state index is -1.60. The van der Waals surface area contributed by atoms with Gasteiger partial charge in [0.15, 0.2) is 18.3 Å². The SMILES string of the molecule is COC(=O)[C@H]1O[C@@H](OC(C)=O)[C@H](OC(C)=O)[C@@H](OC(C)=O)[C@H]1OC(C)=O. The average Bonchev–Trinajstić information content (AvgIpc) is 2.50. The Hall–Kier alpha value is -2.69. The fourth-order valence-corrected chi connectivity index (χ4v) is 2.34. The second-order valence-corrected chi connectivity index (χ2v) is 5.28. The van der Waals surface area contributed by atoms with E-state index in [1.807, 2.05) is 0 Å². The number of carbonyl (C=O) groups excluding carboxylic acids is 5. The van der Waals surface area contributed by atoms with Gasteiger partial charge in [0.2, 0.25) is 12.4 Å². The van der Waals surface area contributed by atoms with Crippen LogP contribution in [0.25, 0.3) is 0 Å². The summed E-state index contributed by atoms with van der Waals surface area (Å²) < 4.78 is 30.0. The number of hydrogen-bond acceptors (Lipinski definition) is 11. The molecule has 11 nitrogen and oxygen atoms in total. The molecule has 0 N–H and O–H groups in total. The molecule has 26 heavy (non-hydrogen) atoms. The van der Waals surface area contributed by atoms with Crippen molar-refractivity contribution in [2.45, 2.75) is 58.4 Å². The Labute approximate surface area is 148 Å². The maximum Gasteiger partial charge on any atom is 0.339 e. The Morgan fingerprint density at radius 3 is 1.50 bits per heavy atom. The quantitative estimate of drug-likeness (QED) is 0.441. The molecule has 5 atom stereocenters. The number of rotatable bonds is 5. The third-order valence-electron chi connectivity index (χ3n) is 3.12. The first-order valence-corrected chi connectivity index (χ1v) is 7.49. The van der Waals surface area contributed by atoms with Crippen molar-refractivity contribution in [3.63, 3.8) is 0 Å². The van der Waals surface area contributed by atoms with Crippen LogP contribution in [0.4, 0.5) is 0 Å². The molecule has 1 aliphatic rings. The van der Waals surface area contributed by atoms with E-state index in [0.29, 0.717) is 0 Å². The van der Waals surface area contributed by atoms with E-state index in [1.165, 1.54) is 0 Å².